The number of hydrogen-bond donors (Lipinski definition) is 1. The molecule has 1 saturated carbocycles. The average molecular weight is 373 g/mol. The maximum atomic E-state index is 13.3. The van der Waals surface area contributed by atoms with Gasteiger partial charge in [0.1, 0.15) is 6.54 Å². The fourth-order valence-electron chi connectivity index (χ4n) is 3.27. The van der Waals surface area contributed by atoms with Gasteiger partial charge in [0, 0.05) is 18.2 Å². The zero-order valence-electron chi connectivity index (χ0n) is 16.4. The normalized spacial score (nSPS) is 14.5. The summed E-state index contributed by atoms with van der Waals surface area (Å²) in [7, 11) is 0. The van der Waals surface area contributed by atoms with Crippen molar-refractivity contribution in [3.05, 3.63) is 23.0 Å². The third-order valence-electron chi connectivity index (χ3n) is 4.57. The molecule has 2 aromatic heterocycles. The van der Waals surface area contributed by atoms with Crippen molar-refractivity contribution in [2.24, 2.45) is 5.41 Å². The first-order valence-corrected chi connectivity index (χ1v) is 9.50. The van der Waals surface area contributed by atoms with Gasteiger partial charge in [0.2, 0.25) is 0 Å². The van der Waals surface area contributed by atoms with Gasteiger partial charge in [-0.2, -0.15) is 0 Å². The summed E-state index contributed by atoms with van der Waals surface area (Å²) in [6.45, 7) is 8.26. The molecule has 0 unspecified atom stereocenters. The molecule has 1 fully saturated rings. The van der Waals surface area contributed by atoms with Crippen LogP contribution in [0, 0.1) is 5.41 Å². The van der Waals surface area contributed by atoms with E-state index in [9.17, 15) is 14.7 Å². The minimum Gasteiger partial charge on any atom is -0.480 e. The third-order valence-corrected chi connectivity index (χ3v) is 4.57. The maximum Gasteiger partial charge on any atom is 0.323 e. The summed E-state index contributed by atoms with van der Waals surface area (Å²) < 4.78 is 5.48. The molecular weight excluding hydrogens is 346 g/mol. The smallest absolute Gasteiger partial charge is 0.323 e. The highest BCUT2D eigenvalue weighted by Gasteiger charge is 2.31. The van der Waals surface area contributed by atoms with Crippen molar-refractivity contribution in [3.8, 4) is 0 Å². The Morgan fingerprint density at radius 2 is 2.04 bits per heavy atom. The van der Waals surface area contributed by atoms with E-state index in [0.717, 1.165) is 18.5 Å². The number of fused-ring (bicyclic) bond motifs is 1. The number of amides is 1. The van der Waals surface area contributed by atoms with E-state index in [-0.39, 0.29) is 17.9 Å². The fourth-order valence-corrected chi connectivity index (χ4v) is 3.27. The molecule has 1 aliphatic rings. The Morgan fingerprint density at radius 1 is 1.33 bits per heavy atom. The summed E-state index contributed by atoms with van der Waals surface area (Å²) in [5, 5.41) is 14.0. The van der Waals surface area contributed by atoms with Crippen molar-refractivity contribution in [1.82, 2.24) is 15.0 Å². The van der Waals surface area contributed by atoms with Crippen LogP contribution in [-0.2, 0) is 11.2 Å². The summed E-state index contributed by atoms with van der Waals surface area (Å²) in [4.78, 5) is 30.5. The van der Waals surface area contributed by atoms with Crippen molar-refractivity contribution in [1.29, 1.82) is 0 Å². The predicted octanol–water partition coefficient (Wildman–Crippen LogP) is 3.63. The van der Waals surface area contributed by atoms with Crippen molar-refractivity contribution in [3.63, 3.8) is 0 Å². The quantitative estimate of drug-likeness (QED) is 0.796. The van der Waals surface area contributed by atoms with E-state index in [1.807, 2.05) is 13.0 Å². The molecule has 7 heteroatoms. The number of rotatable bonds is 7. The fraction of sp³-hybridized carbons (Fsp3) is 0.600. The van der Waals surface area contributed by atoms with E-state index in [1.165, 1.54) is 4.90 Å². The molecule has 1 N–H and O–H groups in total. The van der Waals surface area contributed by atoms with E-state index in [0.29, 0.717) is 47.7 Å². The largest absolute Gasteiger partial charge is 0.480 e. The number of carbonyl (C=O) groups excluding carboxylic acids is 1. The van der Waals surface area contributed by atoms with Gasteiger partial charge in [-0.05, 0) is 37.2 Å². The van der Waals surface area contributed by atoms with E-state index in [4.69, 9.17) is 4.52 Å². The van der Waals surface area contributed by atoms with Crippen LogP contribution in [0.1, 0.15) is 74.6 Å². The van der Waals surface area contributed by atoms with Gasteiger partial charge in [0.25, 0.3) is 11.6 Å². The molecule has 0 aliphatic heterocycles. The van der Waals surface area contributed by atoms with Gasteiger partial charge in [-0.25, -0.2) is 4.98 Å². The number of pyridine rings is 1. The number of carbonyl (C=O) groups is 2. The summed E-state index contributed by atoms with van der Waals surface area (Å²) in [5.41, 5.74) is 2.31. The van der Waals surface area contributed by atoms with Crippen LogP contribution in [0.4, 0.5) is 0 Å². The second kappa shape index (κ2) is 7.29. The highest BCUT2D eigenvalue weighted by atomic mass is 16.5. The van der Waals surface area contributed by atoms with Crippen LogP contribution < -0.4 is 0 Å². The molecule has 3 rings (SSSR count). The number of aromatic nitrogens is 2. The van der Waals surface area contributed by atoms with Crippen LogP contribution in [0.15, 0.2) is 10.6 Å². The molecule has 0 bridgehead atoms. The van der Waals surface area contributed by atoms with Crippen LogP contribution >= 0.6 is 0 Å². The SMILES string of the molecule is CCCN(CC(=O)O)C(=O)c1cc(C2CC2)nc2onc(CC(C)(C)C)c12. The zero-order chi connectivity index (χ0) is 19.8. The van der Waals surface area contributed by atoms with Gasteiger partial charge in [0.05, 0.1) is 16.6 Å². The Labute approximate surface area is 158 Å². The minimum atomic E-state index is -1.02. The molecule has 1 amide bonds. The highest BCUT2D eigenvalue weighted by molar-refractivity contribution is 6.06. The van der Waals surface area contributed by atoms with E-state index < -0.39 is 5.97 Å². The molecule has 2 aromatic rings. The first-order valence-electron chi connectivity index (χ1n) is 9.50. The molecule has 0 saturated heterocycles. The van der Waals surface area contributed by atoms with Crippen molar-refractivity contribution in [2.75, 3.05) is 13.1 Å². The Balaban J connectivity index is 2.10. The lowest BCUT2D eigenvalue weighted by Gasteiger charge is -2.21. The monoisotopic (exact) mass is 373 g/mol. The summed E-state index contributed by atoms with van der Waals surface area (Å²) in [6.07, 6.45) is 3.41. The Hall–Kier alpha value is -2.44. The molecule has 0 spiro atoms. The first-order chi connectivity index (χ1) is 12.7. The highest BCUT2D eigenvalue weighted by Crippen LogP contribution is 2.41. The Bertz CT molecular complexity index is 862. The molecular formula is C20H27N3O4. The molecule has 0 aromatic carbocycles. The first kappa shape index (κ1) is 19.3. The van der Waals surface area contributed by atoms with Crippen LogP contribution in [0.5, 0.6) is 0 Å². The van der Waals surface area contributed by atoms with Gasteiger partial charge >= 0.3 is 5.97 Å². The summed E-state index contributed by atoms with van der Waals surface area (Å²) >= 11 is 0. The van der Waals surface area contributed by atoms with Crippen molar-refractivity contribution < 1.29 is 19.2 Å². The summed E-state index contributed by atoms with van der Waals surface area (Å²) in [5.74, 6) is -0.979. The van der Waals surface area contributed by atoms with E-state index in [1.54, 1.807) is 0 Å². The van der Waals surface area contributed by atoms with Crippen LogP contribution in [0.25, 0.3) is 11.1 Å². The van der Waals surface area contributed by atoms with Gasteiger partial charge in [-0.3, -0.25) is 9.59 Å². The number of hydrogen-bond acceptors (Lipinski definition) is 5. The lowest BCUT2D eigenvalue weighted by atomic mass is 9.89. The second-order valence-electron chi connectivity index (χ2n) is 8.54. The van der Waals surface area contributed by atoms with E-state index in [2.05, 4.69) is 30.9 Å². The standard InChI is InChI=1S/C20H27N3O4/c1-5-8-23(11-16(24)25)19(26)13-9-14(12-6-7-12)21-18-17(13)15(22-27-18)10-20(2,3)4/h9,12H,5-8,10-11H2,1-4H3,(H,24,25). The van der Waals surface area contributed by atoms with Crippen molar-refractivity contribution >= 4 is 23.0 Å². The maximum absolute atomic E-state index is 13.3. The molecule has 0 atom stereocenters. The average Bonchev–Trinajstić information content (AvgIpc) is 3.34. The lowest BCUT2D eigenvalue weighted by molar-refractivity contribution is -0.137. The third kappa shape index (κ3) is 4.46. The Morgan fingerprint density at radius 3 is 2.59 bits per heavy atom. The van der Waals surface area contributed by atoms with Crippen LogP contribution in [-0.4, -0.2) is 45.1 Å². The van der Waals surface area contributed by atoms with Crippen LogP contribution in [0.3, 0.4) is 0 Å². The second-order valence-corrected chi connectivity index (χ2v) is 8.54. The van der Waals surface area contributed by atoms with Crippen LogP contribution in [0.2, 0.25) is 0 Å². The number of nitrogens with zero attached hydrogens (tertiary/aromatic N) is 3. The van der Waals surface area contributed by atoms with Gasteiger partial charge in [-0.15, -0.1) is 0 Å². The molecule has 2 heterocycles. The number of carboxylic acids is 1. The molecule has 0 radical (unpaired) electrons. The zero-order valence-corrected chi connectivity index (χ0v) is 16.4. The molecule has 146 valence electrons. The topological polar surface area (TPSA) is 96.5 Å². The van der Waals surface area contributed by atoms with Crippen molar-refractivity contribution in [2.45, 2.75) is 59.3 Å². The van der Waals surface area contributed by atoms with E-state index >= 15 is 0 Å². The lowest BCUT2D eigenvalue weighted by Crippen LogP contribution is -2.36. The number of carboxylic acid groups (broad SMARTS) is 1. The molecule has 27 heavy (non-hydrogen) atoms. The van der Waals surface area contributed by atoms with Gasteiger partial charge in [0.15, 0.2) is 0 Å². The molecule has 1 aliphatic carbocycles. The van der Waals surface area contributed by atoms with Gasteiger partial charge < -0.3 is 14.5 Å². The van der Waals surface area contributed by atoms with Gasteiger partial charge in [-0.1, -0.05) is 32.9 Å². The number of aliphatic carboxylic acids is 1. The molecule has 7 nitrogen and oxygen atoms in total. The Kier molecular flexibility index (Phi) is 5.22. The predicted molar refractivity (Wildman–Crippen MR) is 101 cm³/mol. The minimum absolute atomic E-state index is 0.0382. The summed E-state index contributed by atoms with van der Waals surface area (Å²) in [6, 6.07) is 1.82.